The van der Waals surface area contributed by atoms with Crippen molar-refractivity contribution < 1.29 is 14.2 Å². The van der Waals surface area contributed by atoms with E-state index in [0.717, 1.165) is 36.2 Å². The van der Waals surface area contributed by atoms with E-state index in [9.17, 15) is 0 Å². The summed E-state index contributed by atoms with van der Waals surface area (Å²) in [5.41, 5.74) is 2.67. The normalized spacial score (nSPS) is 24.8. The Labute approximate surface area is 194 Å². The molecule has 0 amide bonds. The molecule has 0 N–H and O–H groups in total. The molecule has 0 radical (unpaired) electrons. The third kappa shape index (κ3) is 5.14. The van der Waals surface area contributed by atoms with E-state index in [1.165, 1.54) is 36.8 Å². The van der Waals surface area contributed by atoms with Crippen LogP contribution in [0.15, 0.2) is 48.5 Å². The molecule has 2 saturated carbocycles. The Hall–Kier alpha value is -2.00. The first-order valence-electron chi connectivity index (χ1n) is 12.6. The average Bonchev–Trinajstić information content (AvgIpc) is 3.47. The molecular formula is C29H40O3. The minimum absolute atomic E-state index is 0.233. The highest BCUT2D eigenvalue weighted by Gasteiger charge is 2.46. The second-order valence-corrected chi connectivity index (χ2v) is 9.87. The Morgan fingerprint density at radius 2 is 1.56 bits per heavy atom. The van der Waals surface area contributed by atoms with Crippen molar-refractivity contribution >= 4 is 0 Å². The molecule has 2 bridgehead atoms. The van der Waals surface area contributed by atoms with Crippen molar-refractivity contribution in [2.75, 3.05) is 13.7 Å². The number of ether oxygens (including phenoxy) is 3. The van der Waals surface area contributed by atoms with Crippen molar-refractivity contribution in [2.24, 2.45) is 17.8 Å². The van der Waals surface area contributed by atoms with Crippen LogP contribution in [0.2, 0.25) is 0 Å². The zero-order valence-corrected chi connectivity index (χ0v) is 20.3. The van der Waals surface area contributed by atoms with Gasteiger partial charge in [-0.1, -0.05) is 51.5 Å². The fourth-order valence-corrected chi connectivity index (χ4v) is 5.86. The largest absolute Gasteiger partial charge is 0.497 e. The molecule has 0 aliphatic heterocycles. The molecule has 6 unspecified atom stereocenters. The fourth-order valence-electron chi connectivity index (χ4n) is 5.86. The Balaban J connectivity index is 1.62. The van der Waals surface area contributed by atoms with Gasteiger partial charge < -0.3 is 14.2 Å². The van der Waals surface area contributed by atoms with Crippen LogP contribution in [0.5, 0.6) is 11.5 Å². The Kier molecular flexibility index (Phi) is 7.78. The lowest BCUT2D eigenvalue weighted by atomic mass is 9.75. The second kappa shape index (κ2) is 10.7. The van der Waals surface area contributed by atoms with E-state index in [0.29, 0.717) is 18.4 Å². The van der Waals surface area contributed by atoms with Crippen LogP contribution in [0.4, 0.5) is 0 Å². The van der Waals surface area contributed by atoms with Crippen LogP contribution in [0, 0.1) is 17.8 Å². The van der Waals surface area contributed by atoms with E-state index in [1.807, 2.05) is 0 Å². The molecule has 2 fully saturated rings. The Morgan fingerprint density at radius 3 is 2.12 bits per heavy atom. The van der Waals surface area contributed by atoms with Crippen LogP contribution in [0.3, 0.4) is 0 Å². The third-order valence-electron chi connectivity index (χ3n) is 7.85. The number of benzene rings is 2. The van der Waals surface area contributed by atoms with Crippen molar-refractivity contribution in [3.63, 3.8) is 0 Å². The van der Waals surface area contributed by atoms with Gasteiger partial charge in [-0.05, 0) is 91.2 Å². The van der Waals surface area contributed by atoms with Crippen molar-refractivity contribution in [3.8, 4) is 11.5 Å². The quantitative estimate of drug-likeness (QED) is 0.340. The van der Waals surface area contributed by atoms with Gasteiger partial charge in [0.25, 0.3) is 0 Å². The Bertz CT molecular complexity index is 828. The van der Waals surface area contributed by atoms with Gasteiger partial charge in [0.15, 0.2) is 0 Å². The van der Waals surface area contributed by atoms with Crippen molar-refractivity contribution in [3.05, 3.63) is 59.7 Å². The molecule has 2 aliphatic rings. The Morgan fingerprint density at radius 1 is 0.875 bits per heavy atom. The first-order valence-corrected chi connectivity index (χ1v) is 12.6. The molecule has 3 heteroatoms. The lowest BCUT2D eigenvalue weighted by molar-refractivity contribution is -0.111. The predicted octanol–water partition coefficient (Wildman–Crippen LogP) is 7.56. The van der Waals surface area contributed by atoms with Crippen LogP contribution in [-0.4, -0.2) is 20.0 Å². The summed E-state index contributed by atoms with van der Waals surface area (Å²) in [6.07, 6.45) is 7.28. The van der Waals surface area contributed by atoms with Gasteiger partial charge in [-0.15, -0.1) is 0 Å². The summed E-state index contributed by atoms with van der Waals surface area (Å²) < 4.78 is 18.5. The van der Waals surface area contributed by atoms with Crippen LogP contribution in [-0.2, 0) is 4.74 Å². The van der Waals surface area contributed by atoms with Gasteiger partial charge >= 0.3 is 0 Å². The number of fused-ring (bicyclic) bond motifs is 2. The van der Waals surface area contributed by atoms with E-state index < -0.39 is 0 Å². The molecular weight excluding hydrogens is 396 g/mol. The fraction of sp³-hybridized carbons (Fsp3) is 0.586. The summed E-state index contributed by atoms with van der Waals surface area (Å²) in [6, 6.07) is 17.2. The van der Waals surface area contributed by atoms with Crippen LogP contribution < -0.4 is 9.47 Å². The smallest absolute Gasteiger partial charge is 0.207 e. The van der Waals surface area contributed by atoms with Gasteiger partial charge in [0.1, 0.15) is 11.5 Å². The highest BCUT2D eigenvalue weighted by Crippen LogP contribution is 2.54. The maximum atomic E-state index is 6.62. The van der Waals surface area contributed by atoms with Gasteiger partial charge in [0, 0.05) is 5.92 Å². The van der Waals surface area contributed by atoms with Crippen LogP contribution >= 0.6 is 0 Å². The molecule has 32 heavy (non-hydrogen) atoms. The summed E-state index contributed by atoms with van der Waals surface area (Å²) in [7, 11) is 1.72. The van der Waals surface area contributed by atoms with Gasteiger partial charge in [0.2, 0.25) is 6.29 Å². The highest BCUT2D eigenvalue weighted by atomic mass is 16.7. The second-order valence-electron chi connectivity index (χ2n) is 9.87. The molecule has 3 nitrogen and oxygen atoms in total. The molecule has 2 aromatic carbocycles. The van der Waals surface area contributed by atoms with Gasteiger partial charge in [-0.2, -0.15) is 0 Å². The predicted molar refractivity (Wildman–Crippen MR) is 130 cm³/mol. The molecule has 0 heterocycles. The summed E-state index contributed by atoms with van der Waals surface area (Å²) in [5.74, 6) is 4.88. The first kappa shape index (κ1) is 23.2. The number of hydrogen-bond acceptors (Lipinski definition) is 3. The number of rotatable bonds is 11. The van der Waals surface area contributed by atoms with Gasteiger partial charge in [0.05, 0.1) is 13.7 Å². The van der Waals surface area contributed by atoms with Gasteiger partial charge in [-0.25, -0.2) is 0 Å². The van der Waals surface area contributed by atoms with Gasteiger partial charge in [-0.3, -0.25) is 0 Å². The third-order valence-corrected chi connectivity index (χ3v) is 7.85. The molecule has 0 saturated heterocycles. The standard InChI is InChI=1S/C29H40O3/c1-5-17-31-29(32-26-15-9-22(10-16-26)20(3)6-2)28(23-11-13-25(30-4)14-12-23)27-19-21-7-8-24(27)18-21/h9-16,20-21,24,27-29H,5-8,17-19H2,1-4H3. The van der Waals surface area contributed by atoms with Crippen LogP contribution in [0.25, 0.3) is 0 Å². The van der Waals surface area contributed by atoms with E-state index in [4.69, 9.17) is 14.2 Å². The molecule has 174 valence electrons. The average molecular weight is 437 g/mol. The van der Waals surface area contributed by atoms with Crippen molar-refractivity contribution in [1.29, 1.82) is 0 Å². The lowest BCUT2D eigenvalue weighted by Crippen LogP contribution is -2.35. The van der Waals surface area contributed by atoms with E-state index >= 15 is 0 Å². The maximum Gasteiger partial charge on any atom is 0.207 e. The van der Waals surface area contributed by atoms with Crippen LogP contribution in [0.1, 0.15) is 82.3 Å². The van der Waals surface area contributed by atoms with E-state index in [-0.39, 0.29) is 12.2 Å². The monoisotopic (exact) mass is 436 g/mol. The highest BCUT2D eigenvalue weighted by molar-refractivity contribution is 5.32. The minimum Gasteiger partial charge on any atom is -0.497 e. The zero-order chi connectivity index (χ0) is 22.5. The topological polar surface area (TPSA) is 27.7 Å². The lowest BCUT2D eigenvalue weighted by Gasteiger charge is -2.36. The first-order chi connectivity index (χ1) is 15.6. The molecule has 4 rings (SSSR count). The molecule has 0 spiro atoms. The summed E-state index contributed by atoms with van der Waals surface area (Å²) >= 11 is 0. The number of hydrogen-bond donors (Lipinski definition) is 0. The summed E-state index contributed by atoms with van der Waals surface area (Å²) in [6.45, 7) is 7.39. The minimum atomic E-state index is -0.276. The van der Waals surface area contributed by atoms with E-state index in [1.54, 1.807) is 7.11 Å². The van der Waals surface area contributed by atoms with E-state index in [2.05, 4.69) is 69.3 Å². The molecule has 0 aromatic heterocycles. The van der Waals surface area contributed by atoms with Crippen molar-refractivity contribution in [2.45, 2.75) is 77.4 Å². The zero-order valence-electron chi connectivity index (χ0n) is 20.3. The van der Waals surface area contributed by atoms with Crippen molar-refractivity contribution in [1.82, 2.24) is 0 Å². The number of methoxy groups -OCH3 is 1. The SMILES string of the molecule is CCCOC(Oc1ccc(C(C)CC)cc1)C(c1ccc(OC)cc1)C1CC2CCC1C2. The maximum absolute atomic E-state index is 6.62. The summed E-state index contributed by atoms with van der Waals surface area (Å²) in [5, 5.41) is 0. The molecule has 2 aromatic rings. The molecule has 6 atom stereocenters. The summed E-state index contributed by atoms with van der Waals surface area (Å²) in [4.78, 5) is 0. The molecule has 2 aliphatic carbocycles.